The van der Waals surface area contributed by atoms with E-state index in [1.165, 1.54) is 49.1 Å². The van der Waals surface area contributed by atoms with Crippen LogP contribution in [0.3, 0.4) is 0 Å². The van der Waals surface area contributed by atoms with E-state index in [-0.39, 0.29) is 30.3 Å². The van der Waals surface area contributed by atoms with Gasteiger partial charge in [0, 0.05) is 31.5 Å². The van der Waals surface area contributed by atoms with Crippen molar-refractivity contribution in [1.82, 2.24) is 10.2 Å². The molecule has 4 nitrogen and oxygen atoms in total. The Kier molecular flexibility index (Phi) is 7.31. The van der Waals surface area contributed by atoms with Crippen molar-refractivity contribution in [3.8, 4) is 0 Å². The van der Waals surface area contributed by atoms with Gasteiger partial charge in [-0.05, 0) is 61.3 Å². The first-order valence-electron chi connectivity index (χ1n) is 9.96. The molecule has 0 radical (unpaired) electrons. The average Bonchev–Trinajstić information content (AvgIpc) is 2.72. The molecule has 0 saturated carbocycles. The minimum atomic E-state index is -0.377. The van der Waals surface area contributed by atoms with Gasteiger partial charge in [-0.1, -0.05) is 30.7 Å². The molecule has 1 heterocycles. The smallest absolute Gasteiger partial charge is 0.220 e. The van der Waals surface area contributed by atoms with Crippen LogP contribution in [-0.4, -0.2) is 29.7 Å². The second-order valence-electron chi connectivity index (χ2n) is 7.31. The molecular formula is C23H27FN2O2. The lowest BCUT2D eigenvalue weighted by molar-refractivity contribution is -0.121. The lowest BCUT2D eigenvalue weighted by Crippen LogP contribution is -2.30. The molecular weight excluding hydrogens is 355 g/mol. The van der Waals surface area contributed by atoms with E-state index in [0.717, 1.165) is 25.2 Å². The van der Waals surface area contributed by atoms with Crippen LogP contribution in [0.1, 0.15) is 53.6 Å². The van der Waals surface area contributed by atoms with Gasteiger partial charge < -0.3 is 5.32 Å². The molecule has 1 aliphatic heterocycles. The summed E-state index contributed by atoms with van der Waals surface area (Å²) in [4.78, 5) is 26.7. The lowest BCUT2D eigenvalue weighted by Gasteiger charge is -2.27. The first-order chi connectivity index (χ1) is 13.6. The second kappa shape index (κ2) is 10.1. The maximum Gasteiger partial charge on any atom is 0.220 e. The third-order valence-corrected chi connectivity index (χ3v) is 5.18. The molecule has 0 aliphatic carbocycles. The van der Waals surface area contributed by atoms with Crippen LogP contribution >= 0.6 is 0 Å². The van der Waals surface area contributed by atoms with Crippen LogP contribution in [0.2, 0.25) is 0 Å². The van der Waals surface area contributed by atoms with Gasteiger partial charge in [0.25, 0.3) is 0 Å². The predicted molar refractivity (Wildman–Crippen MR) is 107 cm³/mol. The number of ketones is 1. The van der Waals surface area contributed by atoms with Crippen molar-refractivity contribution in [3.63, 3.8) is 0 Å². The molecule has 1 aliphatic rings. The molecule has 0 atom stereocenters. The third kappa shape index (κ3) is 5.99. The first-order valence-corrected chi connectivity index (χ1v) is 9.96. The zero-order valence-electron chi connectivity index (χ0n) is 16.1. The van der Waals surface area contributed by atoms with Crippen molar-refractivity contribution in [2.24, 2.45) is 0 Å². The summed E-state index contributed by atoms with van der Waals surface area (Å²) in [5.74, 6) is -0.679. The Labute approximate surface area is 165 Å². The number of carbonyl (C=O) groups excluding carboxylic acids is 2. The van der Waals surface area contributed by atoms with Gasteiger partial charge in [0.1, 0.15) is 5.82 Å². The van der Waals surface area contributed by atoms with Gasteiger partial charge in [0.2, 0.25) is 5.91 Å². The van der Waals surface area contributed by atoms with Crippen molar-refractivity contribution in [3.05, 3.63) is 71.0 Å². The van der Waals surface area contributed by atoms with E-state index in [1.54, 1.807) is 0 Å². The van der Waals surface area contributed by atoms with E-state index in [4.69, 9.17) is 0 Å². The highest BCUT2D eigenvalue weighted by Gasteiger charge is 2.13. The van der Waals surface area contributed by atoms with Crippen molar-refractivity contribution in [2.75, 3.05) is 13.1 Å². The molecule has 0 unspecified atom stereocenters. The maximum absolute atomic E-state index is 12.9. The van der Waals surface area contributed by atoms with Crippen LogP contribution in [0.5, 0.6) is 0 Å². The van der Waals surface area contributed by atoms with Crippen LogP contribution in [0.15, 0.2) is 48.5 Å². The Balaban J connectivity index is 1.47. The monoisotopic (exact) mass is 382 g/mol. The zero-order valence-corrected chi connectivity index (χ0v) is 16.1. The van der Waals surface area contributed by atoms with Crippen molar-refractivity contribution < 1.29 is 14.0 Å². The third-order valence-electron chi connectivity index (χ3n) is 5.18. The van der Waals surface area contributed by atoms with E-state index in [2.05, 4.69) is 16.3 Å². The summed E-state index contributed by atoms with van der Waals surface area (Å²) in [6, 6.07) is 13.6. The topological polar surface area (TPSA) is 49.4 Å². The molecule has 0 aromatic heterocycles. The molecule has 148 valence electrons. The fourth-order valence-corrected chi connectivity index (χ4v) is 3.53. The van der Waals surface area contributed by atoms with E-state index in [0.29, 0.717) is 12.1 Å². The summed E-state index contributed by atoms with van der Waals surface area (Å²) in [7, 11) is 0. The SMILES string of the molecule is O=C(CCC(=O)c1ccc(F)cc1)NCc1ccccc1CN1CCCCC1. The summed E-state index contributed by atoms with van der Waals surface area (Å²) < 4.78 is 12.9. The van der Waals surface area contributed by atoms with E-state index >= 15 is 0 Å². The Morgan fingerprint density at radius 3 is 2.29 bits per heavy atom. The Morgan fingerprint density at radius 2 is 1.57 bits per heavy atom. The van der Waals surface area contributed by atoms with Gasteiger partial charge in [-0.25, -0.2) is 4.39 Å². The second-order valence-corrected chi connectivity index (χ2v) is 7.31. The quantitative estimate of drug-likeness (QED) is 0.700. The first kappa shape index (κ1) is 20.2. The minimum Gasteiger partial charge on any atom is -0.352 e. The number of carbonyl (C=O) groups is 2. The highest BCUT2D eigenvalue weighted by atomic mass is 19.1. The van der Waals surface area contributed by atoms with Gasteiger partial charge in [0.05, 0.1) is 0 Å². The zero-order chi connectivity index (χ0) is 19.8. The van der Waals surface area contributed by atoms with Crippen molar-refractivity contribution in [1.29, 1.82) is 0 Å². The Bertz CT molecular complexity index is 799. The Hall–Kier alpha value is -2.53. The van der Waals surface area contributed by atoms with Gasteiger partial charge in [-0.3, -0.25) is 14.5 Å². The fraction of sp³-hybridized carbons (Fsp3) is 0.391. The molecule has 28 heavy (non-hydrogen) atoms. The summed E-state index contributed by atoms with van der Waals surface area (Å²) >= 11 is 0. The number of benzene rings is 2. The maximum atomic E-state index is 12.9. The molecule has 0 bridgehead atoms. The molecule has 1 fully saturated rings. The number of likely N-dealkylation sites (tertiary alicyclic amines) is 1. The Morgan fingerprint density at radius 1 is 0.893 bits per heavy atom. The summed E-state index contributed by atoms with van der Waals surface area (Å²) in [6.45, 7) is 3.64. The number of piperidine rings is 1. The van der Waals surface area contributed by atoms with E-state index in [9.17, 15) is 14.0 Å². The van der Waals surface area contributed by atoms with Crippen LogP contribution in [-0.2, 0) is 17.9 Å². The normalized spacial score (nSPS) is 14.6. The molecule has 1 amide bonds. The molecule has 1 N–H and O–H groups in total. The number of hydrogen-bond acceptors (Lipinski definition) is 3. The number of nitrogens with one attached hydrogen (secondary N) is 1. The molecule has 5 heteroatoms. The lowest BCUT2D eigenvalue weighted by atomic mass is 10.0. The van der Waals surface area contributed by atoms with Gasteiger partial charge in [-0.2, -0.15) is 0 Å². The van der Waals surface area contributed by atoms with Crippen LogP contribution in [0, 0.1) is 5.82 Å². The van der Waals surface area contributed by atoms with Crippen molar-refractivity contribution >= 4 is 11.7 Å². The summed E-state index contributed by atoms with van der Waals surface area (Å²) in [5, 5.41) is 2.92. The number of amides is 1. The average molecular weight is 382 g/mol. The highest BCUT2D eigenvalue weighted by molar-refractivity contribution is 5.97. The van der Waals surface area contributed by atoms with E-state index < -0.39 is 0 Å². The number of halogens is 1. The molecule has 1 saturated heterocycles. The van der Waals surface area contributed by atoms with Crippen molar-refractivity contribution in [2.45, 2.75) is 45.2 Å². The van der Waals surface area contributed by atoms with Gasteiger partial charge in [-0.15, -0.1) is 0 Å². The minimum absolute atomic E-state index is 0.118. The van der Waals surface area contributed by atoms with E-state index in [1.807, 2.05) is 18.2 Å². The largest absolute Gasteiger partial charge is 0.352 e. The van der Waals surface area contributed by atoms with Gasteiger partial charge >= 0.3 is 0 Å². The van der Waals surface area contributed by atoms with Crippen LogP contribution in [0.25, 0.3) is 0 Å². The highest BCUT2D eigenvalue weighted by Crippen LogP contribution is 2.16. The van der Waals surface area contributed by atoms with Crippen LogP contribution in [0.4, 0.5) is 4.39 Å². The molecule has 0 spiro atoms. The standard InChI is InChI=1S/C23H27FN2O2/c24-21-10-8-18(9-11-21)22(27)12-13-23(28)25-16-19-6-2-3-7-20(19)17-26-14-4-1-5-15-26/h2-3,6-11H,1,4-5,12-17H2,(H,25,28). The number of nitrogens with zero attached hydrogens (tertiary/aromatic N) is 1. The number of rotatable bonds is 8. The number of Topliss-reactive ketones (excluding diaryl/α,β-unsaturated/α-hetero) is 1. The molecule has 2 aromatic carbocycles. The predicted octanol–water partition coefficient (Wildman–Crippen LogP) is 4.09. The summed E-state index contributed by atoms with van der Waals surface area (Å²) in [5.41, 5.74) is 2.79. The van der Waals surface area contributed by atoms with Crippen LogP contribution < -0.4 is 5.32 Å². The molecule has 3 rings (SSSR count). The number of hydrogen-bond donors (Lipinski definition) is 1. The molecule has 2 aromatic rings. The fourth-order valence-electron chi connectivity index (χ4n) is 3.53. The summed E-state index contributed by atoms with van der Waals surface area (Å²) in [6.07, 6.45) is 4.06. The van der Waals surface area contributed by atoms with Gasteiger partial charge in [0.15, 0.2) is 5.78 Å².